The molecule has 0 saturated carbocycles. The van der Waals surface area contributed by atoms with E-state index < -0.39 is 12.2 Å². The third kappa shape index (κ3) is 21.6. The molecular weight excluding hydrogens is 443 g/mol. The molecule has 28 heavy (non-hydrogen) atoms. The highest BCUT2D eigenvalue weighted by atomic mass is 79.9. The Morgan fingerprint density at radius 3 is 2.18 bits per heavy atom. The van der Waals surface area contributed by atoms with Crippen LogP contribution in [0.3, 0.4) is 0 Å². The van der Waals surface area contributed by atoms with Crippen molar-refractivity contribution in [3.8, 4) is 0 Å². The molecular formula is C21H36BrO5P. The summed E-state index contributed by atoms with van der Waals surface area (Å²) in [5.41, 5.74) is 0. The van der Waals surface area contributed by atoms with Gasteiger partial charge >= 0.3 is 5.97 Å². The van der Waals surface area contributed by atoms with E-state index in [0.29, 0.717) is 6.42 Å². The molecule has 2 unspecified atom stereocenters. The van der Waals surface area contributed by atoms with Gasteiger partial charge in [-0.2, -0.15) is 0 Å². The summed E-state index contributed by atoms with van der Waals surface area (Å²) in [7, 11) is 0. The largest absolute Gasteiger partial charge is 0.463 e. The van der Waals surface area contributed by atoms with Gasteiger partial charge in [-0.3, -0.25) is 9.36 Å². The second kappa shape index (κ2) is 18.4. The summed E-state index contributed by atoms with van der Waals surface area (Å²) < 4.78 is 16.0. The van der Waals surface area contributed by atoms with Gasteiger partial charge in [-0.05, 0) is 25.7 Å². The number of aliphatic hydroxyl groups is 1. The average molecular weight is 479 g/mol. The molecule has 0 radical (unpaired) electrons. The first kappa shape index (κ1) is 27.3. The van der Waals surface area contributed by atoms with Crippen LogP contribution in [0.25, 0.3) is 0 Å². The molecule has 0 rings (SSSR count). The molecule has 0 fully saturated rings. The second-order valence-electron chi connectivity index (χ2n) is 6.83. The van der Waals surface area contributed by atoms with E-state index in [1.54, 1.807) is 0 Å². The zero-order valence-corrected chi connectivity index (χ0v) is 19.5. The molecule has 2 N–H and O–H groups in total. The minimum Gasteiger partial charge on any atom is -0.463 e. The van der Waals surface area contributed by atoms with Gasteiger partial charge in [-0.25, -0.2) is 0 Å². The summed E-state index contributed by atoms with van der Waals surface area (Å²) >= 11 is 2.59. The minimum absolute atomic E-state index is 0.246. The molecule has 0 bridgehead atoms. The average Bonchev–Trinajstić information content (AvgIpc) is 2.62. The van der Waals surface area contributed by atoms with Crippen molar-refractivity contribution in [2.45, 2.75) is 77.2 Å². The normalized spacial score (nSPS) is 15.4. The van der Waals surface area contributed by atoms with Crippen LogP contribution < -0.4 is 0 Å². The van der Waals surface area contributed by atoms with Crippen LogP contribution in [-0.4, -0.2) is 34.8 Å². The number of carbonyl (C=O) groups is 1. The number of esters is 1. The fraction of sp³-hybridized carbons (Fsp3) is 0.667. The molecule has 0 aromatic rings. The highest BCUT2D eigenvalue weighted by Crippen LogP contribution is 2.49. The van der Waals surface area contributed by atoms with E-state index in [-0.39, 0.29) is 18.7 Å². The van der Waals surface area contributed by atoms with Gasteiger partial charge in [-0.15, -0.1) is 0 Å². The van der Waals surface area contributed by atoms with Crippen molar-refractivity contribution >= 4 is 27.5 Å². The third-order valence-electron chi connectivity index (χ3n) is 3.95. The number of carbonyl (C=O) groups excluding carboxylic acids is 1. The number of aliphatic hydroxyl groups excluding tert-OH is 1. The molecule has 0 spiro atoms. The topological polar surface area (TPSA) is 83.8 Å². The Hall–Kier alpha value is -0.680. The van der Waals surface area contributed by atoms with Crippen molar-refractivity contribution in [3.05, 3.63) is 36.5 Å². The van der Waals surface area contributed by atoms with Gasteiger partial charge in [0.1, 0.15) is 6.61 Å². The van der Waals surface area contributed by atoms with E-state index in [1.165, 1.54) is 12.8 Å². The maximum Gasteiger partial charge on any atom is 0.305 e. The Morgan fingerprint density at radius 2 is 1.57 bits per heavy atom. The molecule has 162 valence electrons. The monoisotopic (exact) mass is 478 g/mol. The summed E-state index contributed by atoms with van der Waals surface area (Å²) in [4.78, 5) is 20.6. The number of hydrogen-bond acceptors (Lipinski definition) is 4. The molecule has 0 heterocycles. The van der Waals surface area contributed by atoms with Crippen molar-refractivity contribution in [2.24, 2.45) is 0 Å². The molecule has 0 aliphatic rings. The number of hydrogen-bond donors (Lipinski definition) is 2. The first-order valence-electron chi connectivity index (χ1n) is 10.2. The molecule has 2 atom stereocenters. The summed E-state index contributed by atoms with van der Waals surface area (Å²) in [6.45, 7) is 1.95. The summed E-state index contributed by atoms with van der Waals surface area (Å²) in [6, 6.07) is 0. The quantitative estimate of drug-likeness (QED) is 0.115. The lowest BCUT2D eigenvalue weighted by molar-refractivity contribution is -0.146. The predicted octanol–water partition coefficient (Wildman–Crippen LogP) is 6.06. The van der Waals surface area contributed by atoms with Crippen LogP contribution in [0.15, 0.2) is 36.5 Å². The fourth-order valence-electron chi connectivity index (χ4n) is 2.44. The Morgan fingerprint density at radius 1 is 1.00 bits per heavy atom. The van der Waals surface area contributed by atoms with E-state index >= 15 is 0 Å². The van der Waals surface area contributed by atoms with Crippen molar-refractivity contribution in [2.75, 3.05) is 12.8 Å². The van der Waals surface area contributed by atoms with Gasteiger partial charge in [0.2, 0.25) is 0 Å². The van der Waals surface area contributed by atoms with E-state index in [2.05, 4.69) is 58.9 Å². The smallest absolute Gasteiger partial charge is 0.305 e. The summed E-state index contributed by atoms with van der Waals surface area (Å²) in [5, 5.41) is 9.49. The van der Waals surface area contributed by atoms with Crippen LogP contribution in [0.2, 0.25) is 0 Å². The van der Waals surface area contributed by atoms with Crippen molar-refractivity contribution in [3.63, 3.8) is 0 Å². The third-order valence-corrected chi connectivity index (χ3v) is 5.69. The predicted molar refractivity (Wildman–Crippen MR) is 120 cm³/mol. The fourth-order valence-corrected chi connectivity index (χ4v) is 4.06. The zero-order chi connectivity index (χ0) is 21.1. The lowest BCUT2D eigenvalue weighted by Gasteiger charge is -2.12. The molecule has 0 aromatic heterocycles. The molecule has 0 saturated heterocycles. The van der Waals surface area contributed by atoms with E-state index in [4.69, 9.17) is 9.63 Å². The maximum atomic E-state index is 11.6. The van der Waals surface area contributed by atoms with Gasteiger partial charge in [0.05, 0.1) is 12.3 Å². The molecule has 0 aromatic carbocycles. The second-order valence-corrected chi connectivity index (χ2v) is 11.7. The van der Waals surface area contributed by atoms with Crippen LogP contribution in [0, 0.1) is 0 Å². The maximum absolute atomic E-state index is 11.6. The number of unbranched alkanes of at least 4 members (excludes halogenated alkanes) is 7. The highest BCUT2D eigenvalue weighted by molar-refractivity contribution is 9.39. The van der Waals surface area contributed by atoms with Crippen LogP contribution in [0.1, 0.15) is 71.1 Å². The Balaban J connectivity index is 3.50. The zero-order valence-electron chi connectivity index (χ0n) is 17.0. The van der Waals surface area contributed by atoms with E-state index in [0.717, 1.165) is 44.9 Å². The highest BCUT2D eigenvalue weighted by Gasteiger charge is 2.20. The van der Waals surface area contributed by atoms with Gasteiger partial charge in [-0.1, -0.05) is 75.5 Å². The lowest BCUT2D eigenvalue weighted by atomic mass is 10.1. The van der Waals surface area contributed by atoms with Crippen molar-refractivity contribution in [1.82, 2.24) is 0 Å². The SMILES string of the molecule is CCCC/C=C/C=C/C=C/CCCCCCCC(=O)OCC(O)CP(=O)(O)Br. The van der Waals surface area contributed by atoms with Crippen molar-refractivity contribution < 1.29 is 24.1 Å². The summed E-state index contributed by atoms with van der Waals surface area (Å²) in [6.07, 6.45) is 17.8. The standard InChI is InChI=1S/C21H36BrO5P/c1-2-3-4-5-6-7-8-9-10-11-12-13-14-15-16-17-21(24)27-18-20(23)19-28(22,25)26/h5-10,20,23H,2-4,11-19H2,1H3,(H,25,26)/b6-5+,8-7+,10-9+. The molecule has 0 aliphatic carbocycles. The first-order chi connectivity index (χ1) is 13.3. The Labute approximate surface area is 178 Å². The number of allylic oxidation sites excluding steroid dienone is 6. The number of rotatable bonds is 17. The molecule has 0 amide bonds. The minimum atomic E-state index is -3.48. The van der Waals surface area contributed by atoms with Gasteiger partial charge < -0.3 is 14.7 Å². The van der Waals surface area contributed by atoms with Crippen molar-refractivity contribution in [1.29, 1.82) is 0 Å². The van der Waals surface area contributed by atoms with Crippen LogP contribution in [0.4, 0.5) is 0 Å². The van der Waals surface area contributed by atoms with Gasteiger partial charge in [0.25, 0.3) is 6.07 Å². The molecule has 5 nitrogen and oxygen atoms in total. The molecule has 0 aliphatic heterocycles. The molecule has 7 heteroatoms. The first-order valence-corrected chi connectivity index (χ1v) is 14.0. The Kier molecular flexibility index (Phi) is 17.9. The number of ether oxygens (including phenoxy) is 1. The lowest BCUT2D eigenvalue weighted by Crippen LogP contribution is -2.21. The van der Waals surface area contributed by atoms with E-state index in [1.807, 2.05) is 0 Å². The van der Waals surface area contributed by atoms with Gasteiger partial charge in [0, 0.05) is 21.9 Å². The summed E-state index contributed by atoms with van der Waals surface area (Å²) in [5.74, 6) is -0.375. The van der Waals surface area contributed by atoms with Gasteiger partial charge in [0.15, 0.2) is 0 Å². The van der Waals surface area contributed by atoms with Crippen LogP contribution in [0.5, 0.6) is 0 Å². The van der Waals surface area contributed by atoms with E-state index in [9.17, 15) is 14.5 Å². The number of halogens is 1. The van der Waals surface area contributed by atoms with Crippen LogP contribution in [-0.2, 0) is 14.1 Å². The Bertz CT molecular complexity index is 525. The van der Waals surface area contributed by atoms with Crippen LogP contribution >= 0.6 is 21.6 Å².